The van der Waals surface area contributed by atoms with Gasteiger partial charge in [-0.25, -0.2) is 0 Å². The van der Waals surface area contributed by atoms with Crippen LogP contribution in [-0.2, 0) is 4.74 Å². The molecule has 0 aromatic rings. The van der Waals surface area contributed by atoms with Gasteiger partial charge < -0.3 is 4.74 Å². The molecule has 1 atom stereocenters. The van der Waals surface area contributed by atoms with Gasteiger partial charge in [0.05, 0.1) is 12.7 Å². The van der Waals surface area contributed by atoms with E-state index in [1.807, 2.05) is 0 Å². The number of rotatable bonds is 8. The lowest BCUT2D eigenvalue weighted by atomic mass is 9.89. The highest BCUT2D eigenvalue weighted by molar-refractivity contribution is 5.13. The highest BCUT2D eigenvalue weighted by Gasteiger charge is 2.93. The lowest BCUT2D eigenvalue weighted by Crippen LogP contribution is -2.72. The third kappa shape index (κ3) is 3.41. The van der Waals surface area contributed by atoms with Crippen LogP contribution >= 0.6 is 0 Å². The number of hydrogen-bond acceptors (Lipinski definition) is 1. The van der Waals surface area contributed by atoms with Gasteiger partial charge in [0.25, 0.3) is 0 Å². The largest absolute Gasteiger partial charge is 0.460 e. The van der Waals surface area contributed by atoms with Crippen molar-refractivity contribution in [2.45, 2.75) is 60.7 Å². The van der Waals surface area contributed by atoms with Gasteiger partial charge in [-0.05, 0) is 6.42 Å². The topological polar surface area (TPSA) is 12.5 Å². The normalized spacial score (nSPS) is 20.8. The molecule has 1 fully saturated rings. The molecule has 1 nitrogen and oxygen atoms in total. The van der Waals surface area contributed by atoms with Crippen LogP contribution in [0.3, 0.4) is 0 Å². The predicted molar refractivity (Wildman–Crippen MR) is 54.7 cm³/mol. The van der Waals surface area contributed by atoms with Crippen LogP contribution in [0.25, 0.3) is 0 Å². The summed E-state index contributed by atoms with van der Waals surface area (Å²) in [5, 5.41) is 0. The zero-order chi connectivity index (χ0) is 21.9. The molecule has 0 amide bonds. The van der Waals surface area contributed by atoms with Gasteiger partial charge in [-0.15, -0.1) is 0 Å². The first-order valence-electron chi connectivity index (χ1n) is 6.53. The van der Waals surface area contributed by atoms with Gasteiger partial charge in [0, 0.05) is 6.42 Å². The maximum Gasteiger partial charge on any atom is 0.460 e. The Balaban J connectivity index is 3.35. The van der Waals surface area contributed by atoms with Gasteiger partial charge in [0.15, 0.2) is 0 Å². The summed E-state index contributed by atoms with van der Waals surface area (Å²) < 4.78 is 196. The minimum atomic E-state index is -8.22. The summed E-state index contributed by atoms with van der Waals surface area (Å²) in [4.78, 5) is 0. The second-order valence-electron chi connectivity index (χ2n) is 5.57. The van der Waals surface area contributed by atoms with Crippen molar-refractivity contribution in [2.24, 2.45) is 0 Å². The fourth-order valence-corrected chi connectivity index (χ4v) is 1.73. The van der Waals surface area contributed by atoms with E-state index in [2.05, 4.69) is 4.74 Å². The van der Waals surface area contributed by atoms with Gasteiger partial charge in [0.1, 0.15) is 0 Å². The molecule has 0 spiro atoms. The van der Waals surface area contributed by atoms with Crippen molar-refractivity contribution < 1.29 is 70.6 Å². The highest BCUT2D eigenvalue weighted by Crippen LogP contribution is 2.62. The Bertz CT molecular complexity index is 544. The molecule has 0 bridgehead atoms. The van der Waals surface area contributed by atoms with Gasteiger partial charge >= 0.3 is 41.7 Å². The van der Waals surface area contributed by atoms with Gasteiger partial charge in [0.2, 0.25) is 0 Å². The molecule has 0 saturated carbocycles. The predicted octanol–water partition coefficient (Wildman–Crippen LogP) is 5.54. The molecule has 1 aliphatic heterocycles. The molecule has 1 saturated heterocycles. The molecule has 16 heteroatoms. The van der Waals surface area contributed by atoms with E-state index in [4.69, 9.17) is 0 Å². The van der Waals surface area contributed by atoms with Crippen molar-refractivity contribution in [3.05, 3.63) is 0 Å². The first-order chi connectivity index (χ1) is 11.6. The first-order valence-corrected chi connectivity index (χ1v) is 6.53. The van der Waals surface area contributed by atoms with Crippen molar-refractivity contribution in [1.82, 2.24) is 0 Å². The zero-order valence-electron chi connectivity index (χ0n) is 12.3. The van der Waals surface area contributed by atoms with Crippen molar-refractivity contribution in [1.29, 1.82) is 0 Å². The molecule has 0 aromatic heterocycles. The third-order valence-corrected chi connectivity index (χ3v) is 3.58. The van der Waals surface area contributed by atoms with E-state index < -0.39 is 60.7 Å². The number of halogens is 15. The summed E-state index contributed by atoms with van der Waals surface area (Å²) in [7, 11) is 0. The summed E-state index contributed by atoms with van der Waals surface area (Å²) in [6.07, 6.45) is -12.2. The minimum Gasteiger partial charge on any atom is -0.373 e. The molecule has 0 N–H and O–H groups in total. The molecule has 27 heavy (non-hydrogen) atoms. The average molecular weight is 440 g/mol. The fourth-order valence-electron chi connectivity index (χ4n) is 1.73. The van der Waals surface area contributed by atoms with Gasteiger partial charge in [-0.2, -0.15) is 65.9 Å². The summed E-state index contributed by atoms with van der Waals surface area (Å²) in [5.74, 6) is -45.9. The smallest absolute Gasteiger partial charge is 0.373 e. The molecule has 1 unspecified atom stereocenters. The molecule has 0 aliphatic carbocycles. The fraction of sp³-hybridized carbons (Fsp3) is 1.00. The SMILES string of the molecule is FC(F)(F)C(F)(F)C(F)(F)C(F)(F)C(F)(F)C(F)(F)C(F)(F)CCC1CO1. The molecular weight excluding hydrogens is 433 g/mol. The summed E-state index contributed by atoms with van der Waals surface area (Å²) in [5.41, 5.74) is 0. The standard InChI is InChI=1S/C11H7F15O/c12-5(13,2-1-4-3-27-4)6(14,15)7(16,17)8(18,19)9(20,21)10(22,23)11(24,25)26/h4H,1-3H2. The molecule has 0 radical (unpaired) electrons. The van der Waals surface area contributed by atoms with Crippen LogP contribution in [-0.4, -0.2) is 54.4 Å². The van der Waals surface area contributed by atoms with E-state index in [1.165, 1.54) is 0 Å². The Morgan fingerprint density at radius 2 is 0.889 bits per heavy atom. The van der Waals surface area contributed by atoms with Crippen molar-refractivity contribution in [2.75, 3.05) is 6.61 Å². The molecule has 1 heterocycles. The van der Waals surface area contributed by atoms with E-state index in [9.17, 15) is 65.9 Å². The monoisotopic (exact) mass is 440 g/mol. The number of hydrogen-bond donors (Lipinski definition) is 0. The van der Waals surface area contributed by atoms with Crippen LogP contribution in [0.4, 0.5) is 65.9 Å². The Morgan fingerprint density at radius 3 is 1.22 bits per heavy atom. The number of ether oxygens (including phenoxy) is 1. The van der Waals surface area contributed by atoms with Crippen molar-refractivity contribution in [3.63, 3.8) is 0 Å². The van der Waals surface area contributed by atoms with Crippen LogP contribution < -0.4 is 0 Å². The summed E-state index contributed by atoms with van der Waals surface area (Å²) in [6, 6.07) is 0. The molecule has 0 aromatic carbocycles. The lowest BCUT2D eigenvalue weighted by molar-refractivity contribution is -0.452. The number of epoxide rings is 1. The molecule has 162 valence electrons. The highest BCUT2D eigenvalue weighted by atomic mass is 19.4. The van der Waals surface area contributed by atoms with Gasteiger partial charge in [-0.1, -0.05) is 0 Å². The first kappa shape index (κ1) is 23.9. The minimum absolute atomic E-state index is 0.288. The summed E-state index contributed by atoms with van der Waals surface area (Å²) in [6.45, 7) is -0.288. The van der Waals surface area contributed by atoms with Crippen molar-refractivity contribution in [3.8, 4) is 0 Å². The second-order valence-corrected chi connectivity index (χ2v) is 5.57. The quantitative estimate of drug-likeness (QED) is 0.357. The van der Waals surface area contributed by atoms with Crippen LogP contribution in [0.2, 0.25) is 0 Å². The van der Waals surface area contributed by atoms with Crippen LogP contribution in [0.15, 0.2) is 0 Å². The Labute approximate surface area is 139 Å². The maximum absolute atomic E-state index is 13.3. The van der Waals surface area contributed by atoms with E-state index in [0.29, 0.717) is 0 Å². The number of alkyl halides is 15. The average Bonchev–Trinajstić information content (AvgIpc) is 3.27. The maximum atomic E-state index is 13.3. The van der Waals surface area contributed by atoms with E-state index >= 15 is 0 Å². The van der Waals surface area contributed by atoms with E-state index in [0.717, 1.165) is 0 Å². The summed E-state index contributed by atoms with van der Waals surface area (Å²) >= 11 is 0. The molecular formula is C11H7F15O. The molecule has 1 rings (SSSR count). The van der Waals surface area contributed by atoms with E-state index in [-0.39, 0.29) is 6.61 Å². The Morgan fingerprint density at radius 1 is 0.556 bits per heavy atom. The van der Waals surface area contributed by atoms with Crippen LogP contribution in [0, 0.1) is 0 Å². The zero-order valence-corrected chi connectivity index (χ0v) is 12.3. The Kier molecular flexibility index (Phi) is 5.50. The lowest BCUT2D eigenvalue weighted by Gasteiger charge is -2.41. The third-order valence-electron chi connectivity index (χ3n) is 3.58. The van der Waals surface area contributed by atoms with Crippen LogP contribution in [0.5, 0.6) is 0 Å². The van der Waals surface area contributed by atoms with Crippen molar-refractivity contribution >= 4 is 0 Å². The van der Waals surface area contributed by atoms with Crippen LogP contribution in [0.1, 0.15) is 12.8 Å². The second kappa shape index (κ2) is 6.20. The molecule has 1 aliphatic rings. The Hall–Kier alpha value is -1.09. The van der Waals surface area contributed by atoms with E-state index in [1.54, 1.807) is 0 Å². The van der Waals surface area contributed by atoms with Gasteiger partial charge in [-0.3, -0.25) is 0 Å².